The van der Waals surface area contributed by atoms with Crippen molar-refractivity contribution in [2.24, 2.45) is 0 Å². The van der Waals surface area contributed by atoms with Crippen LogP contribution in [0, 0.1) is 0 Å². The summed E-state index contributed by atoms with van der Waals surface area (Å²) in [6.45, 7) is 15.2. The topological polar surface area (TPSA) is 28.2 Å². The summed E-state index contributed by atoms with van der Waals surface area (Å²) >= 11 is 0. The van der Waals surface area contributed by atoms with Crippen LogP contribution in [0.2, 0.25) is 0 Å². The second-order valence-corrected chi connectivity index (χ2v) is 5.64. The first-order valence-electron chi connectivity index (χ1n) is 6.90. The van der Waals surface area contributed by atoms with Crippen LogP contribution in [0.5, 0.6) is 0 Å². The smallest absolute Gasteiger partial charge is 0.125 e. The lowest BCUT2D eigenvalue weighted by molar-refractivity contribution is 0.316. The van der Waals surface area contributed by atoms with Crippen LogP contribution in [-0.2, 0) is 5.41 Å². The Morgan fingerprint density at radius 3 is 2.28 bits per heavy atom. The van der Waals surface area contributed by atoms with E-state index in [1.165, 1.54) is 5.56 Å². The molecule has 3 nitrogen and oxygen atoms in total. The Hall–Kier alpha value is -1.09. The van der Waals surface area contributed by atoms with Gasteiger partial charge in [0.2, 0.25) is 0 Å². The van der Waals surface area contributed by atoms with E-state index in [9.17, 15) is 0 Å². The molecule has 18 heavy (non-hydrogen) atoms. The molecule has 0 saturated carbocycles. The van der Waals surface area contributed by atoms with Gasteiger partial charge in [-0.3, -0.25) is 0 Å². The Morgan fingerprint density at radius 1 is 1.17 bits per heavy atom. The third-order valence-electron chi connectivity index (χ3n) is 3.26. The van der Waals surface area contributed by atoms with Gasteiger partial charge in [0.15, 0.2) is 0 Å². The molecule has 1 heterocycles. The molecule has 1 rings (SSSR count). The maximum absolute atomic E-state index is 4.46. The van der Waals surface area contributed by atoms with Crippen molar-refractivity contribution in [1.82, 2.24) is 9.88 Å². The van der Waals surface area contributed by atoms with Crippen molar-refractivity contribution in [3.05, 3.63) is 23.9 Å². The Kier molecular flexibility index (Phi) is 5.60. The molecule has 0 aliphatic rings. The largest absolute Gasteiger partial charge is 0.369 e. The normalized spacial score (nSPS) is 11.9. The van der Waals surface area contributed by atoms with Gasteiger partial charge in [0.1, 0.15) is 5.82 Å². The van der Waals surface area contributed by atoms with Crippen LogP contribution in [0.4, 0.5) is 5.82 Å². The summed E-state index contributed by atoms with van der Waals surface area (Å²) in [6, 6.07) is 4.23. The molecule has 102 valence electrons. The minimum atomic E-state index is 0.173. The summed E-state index contributed by atoms with van der Waals surface area (Å²) in [5.74, 6) is 0.968. The molecule has 3 heteroatoms. The number of hydrogen-bond donors (Lipinski definition) is 1. The monoisotopic (exact) mass is 249 g/mol. The zero-order valence-corrected chi connectivity index (χ0v) is 12.5. The Labute approximate surface area is 112 Å². The molecule has 1 aromatic heterocycles. The Bertz CT molecular complexity index is 334. The third-order valence-corrected chi connectivity index (χ3v) is 3.26. The van der Waals surface area contributed by atoms with E-state index in [-0.39, 0.29) is 5.41 Å². The van der Waals surface area contributed by atoms with Gasteiger partial charge in [-0.1, -0.05) is 40.7 Å². The molecule has 0 fully saturated rings. The lowest BCUT2D eigenvalue weighted by atomic mass is 9.88. The highest BCUT2D eigenvalue weighted by molar-refractivity contribution is 5.37. The number of anilines is 1. The predicted octanol–water partition coefficient (Wildman–Crippen LogP) is 3.13. The third kappa shape index (κ3) is 4.65. The fourth-order valence-electron chi connectivity index (χ4n) is 1.82. The molecular formula is C15H27N3. The molecule has 0 amide bonds. The van der Waals surface area contributed by atoms with E-state index >= 15 is 0 Å². The van der Waals surface area contributed by atoms with Gasteiger partial charge in [-0.25, -0.2) is 4.98 Å². The van der Waals surface area contributed by atoms with Crippen LogP contribution in [0.3, 0.4) is 0 Å². The van der Waals surface area contributed by atoms with Crippen LogP contribution in [-0.4, -0.2) is 36.1 Å². The van der Waals surface area contributed by atoms with Gasteiger partial charge in [-0.05, 0) is 30.1 Å². The second kappa shape index (κ2) is 6.74. The molecule has 1 N–H and O–H groups in total. The molecule has 0 atom stereocenters. The summed E-state index contributed by atoms with van der Waals surface area (Å²) in [7, 11) is 0. The summed E-state index contributed by atoms with van der Waals surface area (Å²) in [5, 5.41) is 3.37. The Morgan fingerprint density at radius 2 is 1.83 bits per heavy atom. The van der Waals surface area contributed by atoms with Crippen LogP contribution in [0.15, 0.2) is 18.3 Å². The second-order valence-electron chi connectivity index (χ2n) is 5.64. The first-order valence-corrected chi connectivity index (χ1v) is 6.90. The van der Waals surface area contributed by atoms with Crippen molar-refractivity contribution in [2.75, 3.05) is 31.5 Å². The number of hydrogen-bond acceptors (Lipinski definition) is 3. The quantitative estimate of drug-likeness (QED) is 0.839. The van der Waals surface area contributed by atoms with Crippen LogP contribution in [0.1, 0.15) is 40.2 Å². The van der Waals surface area contributed by atoms with E-state index in [0.29, 0.717) is 0 Å². The predicted molar refractivity (Wildman–Crippen MR) is 79.2 cm³/mol. The highest BCUT2D eigenvalue weighted by atomic mass is 15.1. The van der Waals surface area contributed by atoms with Gasteiger partial charge in [0.25, 0.3) is 0 Å². The fourth-order valence-corrected chi connectivity index (χ4v) is 1.82. The van der Waals surface area contributed by atoms with Gasteiger partial charge < -0.3 is 10.2 Å². The standard InChI is InChI=1S/C15H27N3/c1-6-18(7-2)11-10-16-14-9-8-13(12-17-14)15(3,4)5/h8-9,12H,6-7,10-11H2,1-5H3,(H,16,17). The average Bonchev–Trinajstić information content (AvgIpc) is 2.34. The SMILES string of the molecule is CCN(CC)CCNc1ccc(C(C)(C)C)cn1. The highest BCUT2D eigenvalue weighted by Gasteiger charge is 2.13. The van der Waals surface area contributed by atoms with E-state index in [1.54, 1.807) is 0 Å². The van der Waals surface area contributed by atoms with Gasteiger partial charge >= 0.3 is 0 Å². The lowest BCUT2D eigenvalue weighted by Crippen LogP contribution is -2.28. The van der Waals surface area contributed by atoms with E-state index in [2.05, 4.69) is 62.0 Å². The van der Waals surface area contributed by atoms with E-state index in [1.807, 2.05) is 6.20 Å². The highest BCUT2D eigenvalue weighted by Crippen LogP contribution is 2.21. The van der Waals surface area contributed by atoms with Crippen LogP contribution in [0.25, 0.3) is 0 Å². The molecule has 0 spiro atoms. The summed E-state index contributed by atoms with van der Waals surface area (Å²) in [4.78, 5) is 6.86. The minimum absolute atomic E-state index is 0.173. The summed E-state index contributed by atoms with van der Waals surface area (Å²) < 4.78 is 0. The lowest BCUT2D eigenvalue weighted by Gasteiger charge is -2.20. The molecule has 0 radical (unpaired) electrons. The van der Waals surface area contributed by atoms with E-state index in [4.69, 9.17) is 0 Å². The van der Waals surface area contributed by atoms with Crippen molar-refractivity contribution in [3.63, 3.8) is 0 Å². The number of likely N-dealkylation sites (N-methyl/N-ethyl adjacent to an activating group) is 1. The Balaban J connectivity index is 2.45. The average molecular weight is 249 g/mol. The van der Waals surface area contributed by atoms with Gasteiger partial charge in [-0.2, -0.15) is 0 Å². The number of nitrogens with one attached hydrogen (secondary N) is 1. The zero-order chi connectivity index (χ0) is 13.6. The molecule has 0 unspecified atom stereocenters. The fraction of sp³-hybridized carbons (Fsp3) is 0.667. The number of rotatable bonds is 6. The van der Waals surface area contributed by atoms with Gasteiger partial charge in [0.05, 0.1) is 0 Å². The number of pyridine rings is 1. The molecule has 0 saturated heterocycles. The molecule has 0 aromatic carbocycles. The van der Waals surface area contributed by atoms with Crippen molar-refractivity contribution in [3.8, 4) is 0 Å². The van der Waals surface area contributed by atoms with Crippen molar-refractivity contribution >= 4 is 5.82 Å². The van der Waals surface area contributed by atoms with Gasteiger partial charge in [-0.15, -0.1) is 0 Å². The minimum Gasteiger partial charge on any atom is -0.369 e. The number of aromatic nitrogens is 1. The van der Waals surface area contributed by atoms with Crippen LogP contribution >= 0.6 is 0 Å². The van der Waals surface area contributed by atoms with Crippen LogP contribution < -0.4 is 5.32 Å². The van der Waals surface area contributed by atoms with Crippen molar-refractivity contribution in [1.29, 1.82) is 0 Å². The van der Waals surface area contributed by atoms with Crippen molar-refractivity contribution in [2.45, 2.75) is 40.0 Å². The molecule has 0 aliphatic heterocycles. The van der Waals surface area contributed by atoms with Gasteiger partial charge in [0, 0.05) is 19.3 Å². The summed E-state index contributed by atoms with van der Waals surface area (Å²) in [5.41, 5.74) is 1.45. The number of nitrogens with zero attached hydrogens (tertiary/aromatic N) is 2. The zero-order valence-electron chi connectivity index (χ0n) is 12.5. The maximum atomic E-state index is 4.46. The van der Waals surface area contributed by atoms with E-state index < -0.39 is 0 Å². The van der Waals surface area contributed by atoms with E-state index in [0.717, 1.165) is 32.0 Å². The maximum Gasteiger partial charge on any atom is 0.125 e. The first kappa shape index (κ1) is 15.0. The summed E-state index contributed by atoms with van der Waals surface area (Å²) in [6.07, 6.45) is 1.97. The molecule has 0 aliphatic carbocycles. The molecule has 0 bridgehead atoms. The first-order chi connectivity index (χ1) is 8.47. The molecular weight excluding hydrogens is 222 g/mol. The molecule has 1 aromatic rings. The van der Waals surface area contributed by atoms with Crippen molar-refractivity contribution < 1.29 is 0 Å².